The van der Waals surface area contributed by atoms with Crippen molar-refractivity contribution in [2.24, 2.45) is 0 Å². The zero-order valence-electron chi connectivity index (χ0n) is 49.2. The molecular formula is C84H60BN3. The summed E-state index contributed by atoms with van der Waals surface area (Å²) in [5.74, 6) is 0.414. The molecular weight excluding hydrogens is 1060 g/mol. The van der Waals surface area contributed by atoms with Crippen molar-refractivity contribution in [1.82, 2.24) is 4.48 Å². The standard InChI is InChI=1S/C79H52BN3.C5H8/c1-49-21-20-36-66-68-44-57-46-73-71(45-56(57)43-67(68)64-34-18-19-35-65(64)75(49)66)80-78-69(70-42-53-27-15-17-33-63(53)77-76-62-32-16-14-26-52(62)37-38-72(76)83(80)79(70)77)47-61(81(58-28-10-4-11-29-58)59-30-12-5-13-31-59)48-74(78)82(73)60-40-54(50-22-6-2-7-23-50)39-55(41-60)51-24-8-3-9-25-51;1-3-5-4-2/h2-20,22-49H,21H2,1H3;3-5H,1H2,2H3/b;5-4-. The van der Waals surface area contributed by atoms with Crippen LogP contribution in [0.2, 0.25) is 0 Å². The lowest BCUT2D eigenvalue weighted by Crippen LogP contribution is -2.56. The van der Waals surface area contributed by atoms with Crippen LogP contribution in [-0.2, 0) is 0 Å². The van der Waals surface area contributed by atoms with Crippen LogP contribution in [0.5, 0.6) is 0 Å². The quantitative estimate of drug-likeness (QED) is 0.0682. The maximum Gasteiger partial charge on any atom is 0.333 e. The zero-order valence-corrected chi connectivity index (χ0v) is 49.2. The molecule has 1 unspecified atom stereocenters. The zero-order chi connectivity index (χ0) is 58.6. The second-order valence-corrected chi connectivity index (χ2v) is 23.9. The van der Waals surface area contributed by atoms with Gasteiger partial charge in [0.2, 0.25) is 0 Å². The average molecular weight is 1120 g/mol. The maximum absolute atomic E-state index is 3.46. The number of aromatic nitrogens is 1. The Kier molecular flexibility index (Phi) is 12.1. The van der Waals surface area contributed by atoms with Crippen molar-refractivity contribution in [2.75, 3.05) is 9.80 Å². The molecule has 0 bridgehead atoms. The first kappa shape index (κ1) is 51.5. The third-order valence-electron chi connectivity index (χ3n) is 18.9. The summed E-state index contributed by atoms with van der Waals surface area (Å²) in [6.07, 6.45) is 11.4. The van der Waals surface area contributed by atoms with Crippen molar-refractivity contribution < 1.29 is 0 Å². The van der Waals surface area contributed by atoms with E-state index in [0.29, 0.717) is 5.92 Å². The first-order chi connectivity index (χ1) is 43.5. The number of hydrogen-bond donors (Lipinski definition) is 0. The second kappa shape index (κ2) is 20.7. The molecule has 2 aliphatic heterocycles. The van der Waals surface area contributed by atoms with Crippen LogP contribution >= 0.6 is 0 Å². The Morgan fingerprint density at radius 1 is 0.466 bits per heavy atom. The molecule has 0 saturated heterocycles. The highest BCUT2D eigenvalue weighted by Crippen LogP contribution is 2.53. The highest BCUT2D eigenvalue weighted by molar-refractivity contribution is 6.90. The molecule has 3 heterocycles. The summed E-state index contributed by atoms with van der Waals surface area (Å²) in [4.78, 5) is 5.10. The van der Waals surface area contributed by atoms with E-state index < -0.39 is 0 Å². The van der Waals surface area contributed by atoms with Crippen molar-refractivity contribution in [3.63, 3.8) is 0 Å². The first-order valence-electron chi connectivity index (χ1n) is 30.9. The van der Waals surface area contributed by atoms with Crippen LogP contribution in [0.4, 0.5) is 34.1 Å². The third-order valence-corrected chi connectivity index (χ3v) is 18.9. The van der Waals surface area contributed by atoms with Gasteiger partial charge in [0, 0.05) is 61.5 Å². The molecule has 0 N–H and O–H groups in total. The van der Waals surface area contributed by atoms with E-state index in [-0.39, 0.29) is 6.85 Å². The Morgan fingerprint density at radius 3 is 1.72 bits per heavy atom. The predicted molar refractivity (Wildman–Crippen MR) is 380 cm³/mol. The number of allylic oxidation sites excluding steroid dienone is 4. The fraction of sp³-hybridized carbons (Fsp3) is 0.0476. The van der Waals surface area contributed by atoms with Gasteiger partial charge in [0.25, 0.3) is 0 Å². The average Bonchev–Trinajstić information content (AvgIpc) is 1.37. The number of anilines is 6. The molecule has 15 aromatic rings. The molecule has 1 atom stereocenters. The first-order valence-corrected chi connectivity index (χ1v) is 30.9. The molecule has 1 aromatic heterocycles. The van der Waals surface area contributed by atoms with Gasteiger partial charge in [-0.25, -0.2) is 0 Å². The number of rotatable bonds is 7. The van der Waals surface area contributed by atoms with Crippen LogP contribution in [0.25, 0.3) is 115 Å². The van der Waals surface area contributed by atoms with E-state index in [9.17, 15) is 0 Å². The highest BCUT2D eigenvalue weighted by Gasteiger charge is 2.44. The van der Waals surface area contributed by atoms with Crippen LogP contribution in [-0.4, -0.2) is 11.3 Å². The largest absolute Gasteiger partial charge is 0.375 e. The van der Waals surface area contributed by atoms with Crippen molar-refractivity contribution in [3.8, 4) is 33.4 Å². The Hall–Kier alpha value is -10.9. The summed E-state index contributed by atoms with van der Waals surface area (Å²) < 4.78 is 2.76. The number of hydrogen-bond acceptors (Lipinski definition) is 2. The SMILES string of the molecule is C=C/C=C\C.CC1CC=Cc2c1c1ccccc1c1cc3cc4c(cc3cc21)N(c1cc(-c2ccccc2)cc(-c2ccccc2)c1)c1cc(N(c2ccccc2)c2ccccc2)cc2c1B4n1c3ccc4ccccc4c3c3c4ccccc4cc-2c31. The molecule has 0 spiro atoms. The Labute approximate surface area is 513 Å². The van der Waals surface area contributed by atoms with Crippen molar-refractivity contribution in [1.29, 1.82) is 0 Å². The molecule has 414 valence electrons. The number of nitrogens with zero attached hydrogens (tertiary/aromatic N) is 3. The van der Waals surface area contributed by atoms with Crippen LogP contribution in [0.15, 0.2) is 298 Å². The lowest BCUT2D eigenvalue weighted by atomic mass is 9.45. The summed E-state index contributed by atoms with van der Waals surface area (Å²) in [5, 5.41) is 15.4. The molecule has 14 aromatic carbocycles. The number of fused-ring (bicyclic) bond motifs is 18. The molecule has 1 aliphatic carbocycles. The van der Waals surface area contributed by atoms with Gasteiger partial charge in [0.15, 0.2) is 0 Å². The van der Waals surface area contributed by atoms with E-state index in [1.165, 1.54) is 137 Å². The molecule has 88 heavy (non-hydrogen) atoms. The third kappa shape index (κ3) is 7.99. The highest BCUT2D eigenvalue weighted by atomic mass is 15.2. The topological polar surface area (TPSA) is 11.4 Å². The summed E-state index contributed by atoms with van der Waals surface area (Å²) in [6, 6.07) is 101. The van der Waals surface area contributed by atoms with Gasteiger partial charge in [-0.15, -0.1) is 0 Å². The van der Waals surface area contributed by atoms with Crippen molar-refractivity contribution >= 4 is 134 Å². The monoisotopic (exact) mass is 1120 g/mol. The van der Waals surface area contributed by atoms with E-state index in [4.69, 9.17) is 0 Å². The Morgan fingerprint density at radius 2 is 1.06 bits per heavy atom. The molecule has 18 rings (SSSR count). The van der Waals surface area contributed by atoms with E-state index in [1.54, 1.807) is 6.08 Å². The maximum atomic E-state index is 3.46. The van der Waals surface area contributed by atoms with Gasteiger partial charge in [-0.3, -0.25) is 0 Å². The fourth-order valence-corrected chi connectivity index (χ4v) is 15.2. The normalized spacial score (nSPS) is 13.8. The molecule has 0 saturated carbocycles. The molecule has 0 fully saturated rings. The Balaban J connectivity index is 0.00000116. The molecule has 4 heteroatoms. The summed E-state index contributed by atoms with van der Waals surface area (Å²) in [6.45, 7) is 7.62. The van der Waals surface area contributed by atoms with Crippen LogP contribution < -0.4 is 20.7 Å². The van der Waals surface area contributed by atoms with Crippen molar-refractivity contribution in [3.05, 3.63) is 309 Å². The van der Waals surface area contributed by atoms with Gasteiger partial charge in [0.05, 0.1) is 0 Å². The van der Waals surface area contributed by atoms with Crippen LogP contribution in [0.3, 0.4) is 0 Å². The Bertz CT molecular complexity index is 5310. The molecule has 0 radical (unpaired) electrons. The smallest absolute Gasteiger partial charge is 0.333 e. The van der Waals surface area contributed by atoms with Crippen molar-refractivity contribution in [2.45, 2.75) is 26.2 Å². The molecule has 3 aliphatic rings. The number of benzene rings is 14. The lowest BCUT2D eigenvalue weighted by Gasteiger charge is -2.42. The van der Waals surface area contributed by atoms with Crippen LogP contribution in [0.1, 0.15) is 37.3 Å². The van der Waals surface area contributed by atoms with Gasteiger partial charge in [-0.05, 0) is 208 Å². The predicted octanol–water partition coefficient (Wildman–Crippen LogP) is 22.1. The van der Waals surface area contributed by atoms with Gasteiger partial charge >= 0.3 is 6.85 Å². The van der Waals surface area contributed by atoms with E-state index in [0.717, 1.165) is 34.9 Å². The van der Waals surface area contributed by atoms with Gasteiger partial charge in [-0.2, -0.15) is 0 Å². The minimum absolute atomic E-state index is 0.202. The minimum atomic E-state index is -0.202. The van der Waals surface area contributed by atoms with E-state index in [1.807, 2.05) is 19.1 Å². The molecule has 3 nitrogen and oxygen atoms in total. The molecule has 0 amide bonds. The lowest BCUT2D eigenvalue weighted by molar-refractivity contribution is 0.781. The minimum Gasteiger partial charge on any atom is -0.375 e. The van der Waals surface area contributed by atoms with E-state index in [2.05, 4.69) is 307 Å². The summed E-state index contributed by atoms with van der Waals surface area (Å²) >= 11 is 0. The number of para-hydroxylation sites is 2. The summed E-state index contributed by atoms with van der Waals surface area (Å²) in [7, 11) is 0. The second-order valence-electron chi connectivity index (χ2n) is 23.9. The van der Waals surface area contributed by atoms with Crippen LogP contribution in [0, 0.1) is 0 Å². The van der Waals surface area contributed by atoms with Gasteiger partial charge in [0.1, 0.15) is 0 Å². The van der Waals surface area contributed by atoms with Gasteiger partial charge < -0.3 is 14.3 Å². The summed E-state index contributed by atoms with van der Waals surface area (Å²) in [5.41, 5.74) is 21.8. The van der Waals surface area contributed by atoms with E-state index >= 15 is 0 Å². The van der Waals surface area contributed by atoms with Gasteiger partial charge in [-0.1, -0.05) is 226 Å². The fourth-order valence-electron chi connectivity index (χ4n) is 15.2.